The van der Waals surface area contributed by atoms with Crippen LogP contribution in [0.1, 0.15) is 49.4 Å². The van der Waals surface area contributed by atoms with E-state index in [9.17, 15) is 9.59 Å². The second kappa shape index (κ2) is 8.82. The van der Waals surface area contributed by atoms with E-state index in [0.717, 1.165) is 25.7 Å². The predicted molar refractivity (Wildman–Crippen MR) is 91.3 cm³/mol. The quantitative estimate of drug-likeness (QED) is 0.340. The van der Waals surface area contributed by atoms with Gasteiger partial charge in [0, 0.05) is 17.8 Å². The first-order valence-corrected chi connectivity index (χ1v) is 8.50. The number of hydrogen-bond donors (Lipinski definition) is 0. The summed E-state index contributed by atoms with van der Waals surface area (Å²) in [5.41, 5.74) is 0.322. The molecule has 1 aromatic rings. The lowest BCUT2D eigenvalue weighted by Crippen LogP contribution is -2.28. The summed E-state index contributed by atoms with van der Waals surface area (Å²) in [7, 11) is 0. The third-order valence-electron chi connectivity index (χ3n) is 3.98. The number of hydrogen-bond acceptors (Lipinski definition) is 4. The number of ether oxygens (including phenoxy) is 1. The summed E-state index contributed by atoms with van der Waals surface area (Å²) in [6, 6.07) is 6.91. The van der Waals surface area contributed by atoms with Crippen molar-refractivity contribution in [1.82, 2.24) is 0 Å². The molecule has 0 saturated heterocycles. The second-order valence-electron chi connectivity index (χ2n) is 5.66. The number of carbonyl (C=O) groups is 2. The van der Waals surface area contributed by atoms with Gasteiger partial charge < -0.3 is 4.74 Å². The Morgan fingerprint density at radius 2 is 2.00 bits per heavy atom. The molecule has 0 heterocycles. The molecule has 1 unspecified atom stereocenters. The molecule has 5 heteroatoms. The minimum Gasteiger partial charge on any atom is -0.465 e. The van der Waals surface area contributed by atoms with Gasteiger partial charge in [0.1, 0.15) is 0 Å². The van der Waals surface area contributed by atoms with Crippen molar-refractivity contribution in [3.63, 3.8) is 0 Å². The molecule has 0 aliphatic heterocycles. The first-order chi connectivity index (χ1) is 11.1. The Balaban J connectivity index is 2.19. The second-order valence-corrected chi connectivity index (χ2v) is 6.07. The van der Waals surface area contributed by atoms with Crippen LogP contribution in [0.4, 0.5) is 0 Å². The topological polar surface area (TPSA) is 55.7 Å². The number of esters is 1. The maximum atomic E-state index is 12.7. The van der Waals surface area contributed by atoms with Gasteiger partial charge in [0.25, 0.3) is 0 Å². The van der Waals surface area contributed by atoms with Crippen LogP contribution in [-0.4, -0.2) is 30.6 Å². The van der Waals surface area contributed by atoms with E-state index < -0.39 is 11.9 Å². The summed E-state index contributed by atoms with van der Waals surface area (Å²) < 4.78 is 5.03. The summed E-state index contributed by atoms with van der Waals surface area (Å²) in [4.78, 5) is 29.3. The molecular weight excluding hydrogens is 314 g/mol. The van der Waals surface area contributed by atoms with Gasteiger partial charge >= 0.3 is 5.97 Å². The zero-order valence-corrected chi connectivity index (χ0v) is 14.1. The van der Waals surface area contributed by atoms with Gasteiger partial charge in [0.15, 0.2) is 11.7 Å². The Bertz CT molecular complexity index is 579. The van der Waals surface area contributed by atoms with E-state index in [4.69, 9.17) is 16.3 Å². The summed E-state index contributed by atoms with van der Waals surface area (Å²) in [6.07, 6.45) is 6.99. The molecule has 124 valence electrons. The highest BCUT2D eigenvalue weighted by molar-refractivity contribution is 6.35. The molecule has 1 saturated carbocycles. The van der Waals surface area contributed by atoms with Crippen LogP contribution in [0.3, 0.4) is 0 Å². The Morgan fingerprint density at radius 1 is 1.30 bits per heavy atom. The summed E-state index contributed by atoms with van der Waals surface area (Å²) in [5, 5.41) is 0.331. The maximum Gasteiger partial charge on any atom is 0.322 e. The minimum atomic E-state index is -1.03. The van der Waals surface area contributed by atoms with Crippen molar-refractivity contribution >= 4 is 29.6 Å². The van der Waals surface area contributed by atoms with Crippen LogP contribution in [-0.2, 0) is 9.53 Å². The number of nitrogens with zero attached hydrogens (tertiary/aromatic N) is 1. The van der Waals surface area contributed by atoms with Crippen molar-refractivity contribution in [1.29, 1.82) is 0 Å². The molecule has 0 N–H and O–H groups in total. The zero-order chi connectivity index (χ0) is 16.7. The SMILES string of the molecule is CCOC(=O)C(C=NC1CCCCC1)C(=O)c1ccccc1Cl. The lowest BCUT2D eigenvalue weighted by Gasteiger charge is -2.18. The summed E-state index contributed by atoms with van der Waals surface area (Å²) in [6.45, 7) is 1.94. The van der Waals surface area contributed by atoms with Gasteiger partial charge in [-0.3, -0.25) is 14.6 Å². The Kier molecular flexibility index (Phi) is 6.78. The molecule has 1 fully saturated rings. The van der Waals surface area contributed by atoms with Gasteiger partial charge in [-0.05, 0) is 31.9 Å². The van der Waals surface area contributed by atoms with Gasteiger partial charge in [-0.1, -0.05) is 43.0 Å². The Morgan fingerprint density at radius 3 is 2.65 bits per heavy atom. The van der Waals surface area contributed by atoms with Crippen LogP contribution in [0.15, 0.2) is 29.3 Å². The summed E-state index contributed by atoms with van der Waals surface area (Å²) >= 11 is 6.08. The standard InChI is InChI=1S/C18H22ClNO3/c1-2-23-18(22)15(12-20-13-8-4-3-5-9-13)17(21)14-10-6-7-11-16(14)19/h6-7,10-13,15H,2-5,8-9H2,1H3. The lowest BCUT2D eigenvalue weighted by atomic mass is 9.95. The number of aliphatic imine (C=N–C) groups is 1. The normalized spacial score (nSPS) is 17.1. The van der Waals surface area contributed by atoms with Crippen molar-refractivity contribution in [3.8, 4) is 0 Å². The molecule has 1 aliphatic carbocycles. The molecular formula is C18H22ClNO3. The van der Waals surface area contributed by atoms with Crippen LogP contribution in [0, 0.1) is 5.92 Å². The first kappa shape index (κ1) is 17.7. The fourth-order valence-corrected chi connectivity index (χ4v) is 2.96. The lowest BCUT2D eigenvalue weighted by molar-refractivity contribution is -0.143. The molecule has 0 amide bonds. The monoisotopic (exact) mass is 335 g/mol. The van der Waals surface area contributed by atoms with Gasteiger partial charge in [0.2, 0.25) is 0 Å². The van der Waals surface area contributed by atoms with Gasteiger partial charge in [-0.25, -0.2) is 0 Å². The van der Waals surface area contributed by atoms with E-state index in [1.165, 1.54) is 12.6 Å². The average molecular weight is 336 g/mol. The largest absolute Gasteiger partial charge is 0.465 e. The molecule has 23 heavy (non-hydrogen) atoms. The van der Waals surface area contributed by atoms with Crippen molar-refractivity contribution in [2.24, 2.45) is 10.9 Å². The van der Waals surface area contributed by atoms with Crippen LogP contribution in [0.2, 0.25) is 5.02 Å². The predicted octanol–water partition coefficient (Wildman–Crippen LogP) is 4.11. The average Bonchev–Trinajstić information content (AvgIpc) is 2.56. The smallest absolute Gasteiger partial charge is 0.322 e. The van der Waals surface area contributed by atoms with Gasteiger partial charge in [0.05, 0.1) is 11.6 Å². The number of halogens is 1. The van der Waals surface area contributed by atoms with Crippen LogP contribution >= 0.6 is 11.6 Å². The van der Waals surface area contributed by atoms with E-state index in [-0.39, 0.29) is 18.4 Å². The Hall–Kier alpha value is -1.68. The van der Waals surface area contributed by atoms with Crippen molar-refractivity contribution in [2.45, 2.75) is 45.1 Å². The third-order valence-corrected chi connectivity index (χ3v) is 4.31. The molecule has 0 radical (unpaired) electrons. The molecule has 0 bridgehead atoms. The minimum absolute atomic E-state index is 0.194. The highest BCUT2D eigenvalue weighted by atomic mass is 35.5. The summed E-state index contributed by atoms with van der Waals surface area (Å²) in [5.74, 6) is -1.97. The van der Waals surface area contributed by atoms with Crippen molar-refractivity contribution in [2.75, 3.05) is 6.61 Å². The Labute approximate surface area is 141 Å². The maximum absolute atomic E-state index is 12.7. The number of rotatable bonds is 6. The van der Waals surface area contributed by atoms with Crippen LogP contribution in [0.5, 0.6) is 0 Å². The molecule has 0 spiro atoms. The highest BCUT2D eigenvalue weighted by Gasteiger charge is 2.29. The molecule has 0 aromatic heterocycles. The van der Waals surface area contributed by atoms with Gasteiger partial charge in [-0.2, -0.15) is 0 Å². The number of ketones is 1. The molecule has 4 nitrogen and oxygen atoms in total. The molecule has 1 atom stereocenters. The van der Waals surface area contributed by atoms with E-state index in [1.54, 1.807) is 31.2 Å². The fraction of sp³-hybridized carbons (Fsp3) is 0.500. The number of Topliss-reactive ketones (excluding diaryl/α,β-unsaturated/α-hetero) is 1. The van der Waals surface area contributed by atoms with E-state index in [2.05, 4.69) is 4.99 Å². The third kappa shape index (κ3) is 4.90. The fourth-order valence-electron chi connectivity index (χ4n) is 2.73. The van der Waals surface area contributed by atoms with Gasteiger partial charge in [-0.15, -0.1) is 0 Å². The van der Waals surface area contributed by atoms with E-state index >= 15 is 0 Å². The molecule has 2 rings (SSSR count). The number of benzene rings is 1. The van der Waals surface area contributed by atoms with E-state index in [1.807, 2.05) is 0 Å². The zero-order valence-electron chi connectivity index (χ0n) is 13.3. The van der Waals surface area contributed by atoms with E-state index in [0.29, 0.717) is 10.6 Å². The molecule has 1 aliphatic rings. The molecule has 1 aromatic carbocycles. The number of carbonyl (C=O) groups excluding carboxylic acids is 2. The van der Waals surface area contributed by atoms with Crippen LogP contribution < -0.4 is 0 Å². The van der Waals surface area contributed by atoms with Crippen molar-refractivity contribution in [3.05, 3.63) is 34.9 Å². The highest BCUT2D eigenvalue weighted by Crippen LogP contribution is 2.22. The van der Waals surface area contributed by atoms with Crippen molar-refractivity contribution < 1.29 is 14.3 Å². The first-order valence-electron chi connectivity index (χ1n) is 8.12. The van der Waals surface area contributed by atoms with Crippen LogP contribution in [0.25, 0.3) is 0 Å².